The molecule has 0 aliphatic carbocycles. The highest BCUT2D eigenvalue weighted by atomic mass is 32.2. The third-order valence-electron chi connectivity index (χ3n) is 5.06. The van der Waals surface area contributed by atoms with Crippen LogP contribution < -0.4 is 10.6 Å². The molecule has 3 rings (SSSR count). The van der Waals surface area contributed by atoms with E-state index in [4.69, 9.17) is 0 Å². The number of carbonyl (C=O) groups excluding carboxylic acids is 2. The minimum atomic E-state index is -0.323. The van der Waals surface area contributed by atoms with E-state index in [9.17, 15) is 9.59 Å². The van der Waals surface area contributed by atoms with Gasteiger partial charge >= 0.3 is 0 Å². The van der Waals surface area contributed by atoms with E-state index >= 15 is 0 Å². The molecular formula is C24H29N5O2S. The van der Waals surface area contributed by atoms with Crippen molar-refractivity contribution in [1.29, 1.82) is 0 Å². The second kappa shape index (κ2) is 10.9. The van der Waals surface area contributed by atoms with Crippen LogP contribution in [0, 0.1) is 6.92 Å². The Balaban J connectivity index is 1.60. The van der Waals surface area contributed by atoms with Crippen LogP contribution in [0.15, 0.2) is 53.7 Å². The van der Waals surface area contributed by atoms with E-state index in [1.54, 1.807) is 6.07 Å². The fourth-order valence-electron chi connectivity index (χ4n) is 3.31. The van der Waals surface area contributed by atoms with Crippen molar-refractivity contribution >= 4 is 29.3 Å². The number of aromatic nitrogens is 3. The number of nitrogens with one attached hydrogen (secondary N) is 2. The summed E-state index contributed by atoms with van der Waals surface area (Å²) in [5.74, 6) is 0.617. The summed E-state index contributed by atoms with van der Waals surface area (Å²) in [6, 6.07) is 15.0. The number of aryl methyl sites for hydroxylation is 2. The molecule has 0 aliphatic rings. The van der Waals surface area contributed by atoms with Crippen LogP contribution >= 0.6 is 11.8 Å². The number of hydrogen-bond acceptors (Lipinski definition) is 5. The van der Waals surface area contributed by atoms with Crippen molar-refractivity contribution in [2.24, 2.45) is 0 Å². The highest BCUT2D eigenvalue weighted by Crippen LogP contribution is 2.21. The molecule has 0 saturated heterocycles. The van der Waals surface area contributed by atoms with Gasteiger partial charge in [-0.2, -0.15) is 0 Å². The van der Waals surface area contributed by atoms with Crippen molar-refractivity contribution in [3.63, 3.8) is 0 Å². The molecule has 0 radical (unpaired) electrons. The van der Waals surface area contributed by atoms with Crippen molar-refractivity contribution in [2.75, 3.05) is 11.1 Å². The predicted molar refractivity (Wildman–Crippen MR) is 128 cm³/mol. The molecule has 32 heavy (non-hydrogen) atoms. The topological polar surface area (TPSA) is 88.9 Å². The van der Waals surface area contributed by atoms with Crippen LogP contribution in [0.1, 0.15) is 54.1 Å². The van der Waals surface area contributed by atoms with Gasteiger partial charge in [0.2, 0.25) is 5.91 Å². The Bertz CT molecular complexity index is 1080. The standard InChI is InChI=1S/C24H29N5O2S/c1-5-18-10-12-20(13-11-18)26-21(30)15-32-24-28-27-22(29(24)6-2)17(4)25-23(31)19-9-7-8-16(3)14-19/h7-14,17H,5-6,15H2,1-4H3,(H,25,31)(H,26,30)/t17-/m1/s1. The lowest BCUT2D eigenvalue weighted by Crippen LogP contribution is -2.28. The van der Waals surface area contributed by atoms with Gasteiger partial charge in [0.1, 0.15) is 0 Å². The fraction of sp³-hybridized carbons (Fsp3) is 0.333. The fourth-order valence-corrected chi connectivity index (χ4v) is 4.12. The maximum Gasteiger partial charge on any atom is 0.251 e. The molecule has 7 nitrogen and oxygen atoms in total. The molecular weight excluding hydrogens is 422 g/mol. The van der Waals surface area contributed by atoms with Crippen LogP contribution in [0.2, 0.25) is 0 Å². The molecule has 0 fully saturated rings. The van der Waals surface area contributed by atoms with E-state index in [0.29, 0.717) is 23.1 Å². The molecule has 0 saturated carbocycles. The average molecular weight is 452 g/mol. The van der Waals surface area contributed by atoms with Crippen molar-refractivity contribution < 1.29 is 9.59 Å². The van der Waals surface area contributed by atoms with Gasteiger partial charge in [0.25, 0.3) is 5.91 Å². The van der Waals surface area contributed by atoms with Crippen LogP contribution in [0.3, 0.4) is 0 Å². The largest absolute Gasteiger partial charge is 0.342 e. The first-order valence-corrected chi connectivity index (χ1v) is 11.7. The highest BCUT2D eigenvalue weighted by molar-refractivity contribution is 7.99. The van der Waals surface area contributed by atoms with E-state index in [2.05, 4.69) is 27.8 Å². The number of carbonyl (C=O) groups is 2. The Morgan fingerprint density at radius 1 is 1.09 bits per heavy atom. The zero-order valence-electron chi connectivity index (χ0n) is 18.9. The lowest BCUT2D eigenvalue weighted by atomic mass is 10.1. The van der Waals surface area contributed by atoms with E-state index in [0.717, 1.165) is 17.7 Å². The SMILES string of the molecule is CCc1ccc(NC(=O)CSc2nnc([C@@H](C)NC(=O)c3cccc(C)c3)n2CC)cc1. The molecule has 0 bridgehead atoms. The summed E-state index contributed by atoms with van der Waals surface area (Å²) < 4.78 is 1.93. The monoisotopic (exact) mass is 451 g/mol. The number of rotatable bonds is 9. The summed E-state index contributed by atoms with van der Waals surface area (Å²) in [4.78, 5) is 25.0. The molecule has 2 amide bonds. The summed E-state index contributed by atoms with van der Waals surface area (Å²) in [5.41, 5.74) is 3.64. The van der Waals surface area contributed by atoms with Gasteiger partial charge in [-0.25, -0.2) is 0 Å². The van der Waals surface area contributed by atoms with E-state index in [-0.39, 0.29) is 23.6 Å². The minimum absolute atomic E-state index is 0.104. The number of benzene rings is 2. The van der Waals surface area contributed by atoms with Crippen LogP contribution in [-0.4, -0.2) is 32.3 Å². The minimum Gasteiger partial charge on any atom is -0.342 e. The van der Waals surface area contributed by atoms with Crippen molar-refractivity contribution in [3.8, 4) is 0 Å². The maximum absolute atomic E-state index is 12.6. The second-order valence-electron chi connectivity index (χ2n) is 7.54. The van der Waals surface area contributed by atoms with Gasteiger partial charge < -0.3 is 15.2 Å². The van der Waals surface area contributed by atoms with E-state index < -0.39 is 0 Å². The Morgan fingerprint density at radius 2 is 1.84 bits per heavy atom. The zero-order chi connectivity index (χ0) is 23.1. The molecule has 168 valence electrons. The van der Waals surface area contributed by atoms with Crippen molar-refractivity contribution in [3.05, 3.63) is 71.0 Å². The third kappa shape index (κ3) is 5.97. The van der Waals surface area contributed by atoms with Crippen molar-refractivity contribution in [1.82, 2.24) is 20.1 Å². The number of nitrogens with zero attached hydrogens (tertiary/aromatic N) is 3. The number of anilines is 1. The Hall–Kier alpha value is -3.13. The summed E-state index contributed by atoms with van der Waals surface area (Å²) in [5, 5.41) is 15.1. The van der Waals surface area contributed by atoms with Gasteiger partial charge in [0, 0.05) is 17.8 Å². The number of amides is 2. The van der Waals surface area contributed by atoms with Gasteiger partial charge in [-0.15, -0.1) is 10.2 Å². The number of hydrogen-bond donors (Lipinski definition) is 2. The lowest BCUT2D eigenvalue weighted by Gasteiger charge is -2.15. The van der Waals surface area contributed by atoms with Crippen LogP contribution in [0.5, 0.6) is 0 Å². The summed E-state index contributed by atoms with van der Waals surface area (Å²) >= 11 is 1.33. The summed E-state index contributed by atoms with van der Waals surface area (Å²) in [6.45, 7) is 8.55. The summed E-state index contributed by atoms with van der Waals surface area (Å²) in [6.07, 6.45) is 0.961. The van der Waals surface area contributed by atoms with E-state index in [1.165, 1.54) is 17.3 Å². The molecule has 0 spiro atoms. The van der Waals surface area contributed by atoms with Gasteiger partial charge in [-0.3, -0.25) is 9.59 Å². The third-order valence-corrected chi connectivity index (χ3v) is 6.02. The first-order valence-electron chi connectivity index (χ1n) is 10.7. The second-order valence-corrected chi connectivity index (χ2v) is 8.48. The molecule has 3 aromatic rings. The first kappa shape index (κ1) is 23.5. The molecule has 1 heterocycles. The molecule has 2 aromatic carbocycles. The predicted octanol–water partition coefficient (Wildman–Crippen LogP) is 4.39. The Morgan fingerprint density at radius 3 is 2.50 bits per heavy atom. The highest BCUT2D eigenvalue weighted by Gasteiger charge is 2.20. The van der Waals surface area contributed by atoms with E-state index in [1.807, 2.05) is 67.8 Å². The van der Waals surface area contributed by atoms with Crippen molar-refractivity contribution in [2.45, 2.75) is 51.9 Å². The smallest absolute Gasteiger partial charge is 0.251 e. The average Bonchev–Trinajstić information content (AvgIpc) is 3.21. The number of thioether (sulfide) groups is 1. The van der Waals surface area contributed by atoms with Gasteiger partial charge in [0.05, 0.1) is 11.8 Å². The molecule has 2 N–H and O–H groups in total. The lowest BCUT2D eigenvalue weighted by molar-refractivity contribution is -0.113. The van der Waals surface area contributed by atoms with Gasteiger partial charge in [0.15, 0.2) is 11.0 Å². The quantitative estimate of drug-likeness (QED) is 0.471. The molecule has 1 aromatic heterocycles. The first-order chi connectivity index (χ1) is 15.4. The molecule has 0 unspecified atom stereocenters. The molecule has 8 heteroatoms. The normalized spacial score (nSPS) is 11.8. The zero-order valence-corrected chi connectivity index (χ0v) is 19.7. The molecule has 0 aliphatic heterocycles. The van der Waals surface area contributed by atoms with Crippen LogP contribution in [0.4, 0.5) is 5.69 Å². The van der Waals surface area contributed by atoms with Crippen LogP contribution in [0.25, 0.3) is 0 Å². The summed E-state index contributed by atoms with van der Waals surface area (Å²) in [7, 11) is 0. The maximum atomic E-state index is 12.6. The molecule has 1 atom stereocenters. The van der Waals surface area contributed by atoms with Gasteiger partial charge in [-0.05, 0) is 57.0 Å². The Labute approximate surface area is 193 Å². The Kier molecular flexibility index (Phi) is 8.05. The van der Waals surface area contributed by atoms with Gasteiger partial charge in [-0.1, -0.05) is 48.5 Å². The van der Waals surface area contributed by atoms with Crippen LogP contribution in [-0.2, 0) is 17.8 Å².